The third-order valence-corrected chi connectivity index (χ3v) is 4.17. The number of halogens is 1. The molecule has 0 atom stereocenters. The predicted octanol–water partition coefficient (Wildman–Crippen LogP) is 3.98. The third-order valence-electron chi connectivity index (χ3n) is 3.68. The minimum absolute atomic E-state index is 0.453. The number of hydrazone groups is 1. The van der Waals surface area contributed by atoms with Crippen molar-refractivity contribution in [1.82, 2.24) is 5.43 Å². The molecule has 132 valence electrons. The van der Waals surface area contributed by atoms with Gasteiger partial charge in [-0.3, -0.25) is 9.59 Å². The van der Waals surface area contributed by atoms with E-state index in [1.807, 2.05) is 43.3 Å². The van der Waals surface area contributed by atoms with Crippen molar-refractivity contribution in [3.05, 3.63) is 64.3 Å². The van der Waals surface area contributed by atoms with E-state index in [9.17, 15) is 9.59 Å². The summed E-state index contributed by atoms with van der Waals surface area (Å²) in [5.74, 6) is -1.14. The van der Waals surface area contributed by atoms with Crippen molar-refractivity contribution < 1.29 is 14.0 Å². The summed E-state index contributed by atoms with van der Waals surface area (Å²) in [5.41, 5.74) is 5.00. The van der Waals surface area contributed by atoms with Crippen molar-refractivity contribution in [3.63, 3.8) is 0 Å². The van der Waals surface area contributed by atoms with Gasteiger partial charge in [-0.1, -0.05) is 33.6 Å². The monoisotopic (exact) mass is 413 g/mol. The normalized spacial score (nSPS) is 11.4. The van der Waals surface area contributed by atoms with Gasteiger partial charge >= 0.3 is 11.8 Å². The Morgan fingerprint density at radius 1 is 1.04 bits per heavy atom. The molecule has 2 aromatic carbocycles. The fraction of sp³-hybridized carbons (Fsp3) is 0.105. The Balaban J connectivity index is 1.66. The first-order valence-electron chi connectivity index (χ1n) is 7.84. The molecule has 26 heavy (non-hydrogen) atoms. The van der Waals surface area contributed by atoms with Gasteiger partial charge in [-0.2, -0.15) is 5.10 Å². The van der Waals surface area contributed by atoms with Gasteiger partial charge in [0.2, 0.25) is 0 Å². The average molecular weight is 414 g/mol. The molecular formula is C19H16BrN3O3. The summed E-state index contributed by atoms with van der Waals surface area (Å²) in [6.45, 7) is 3.62. The lowest BCUT2D eigenvalue weighted by Crippen LogP contribution is -2.32. The summed E-state index contributed by atoms with van der Waals surface area (Å²) in [6, 6.07) is 14.6. The minimum Gasteiger partial charge on any atom is -0.455 e. The molecule has 0 aliphatic heterocycles. The number of fused-ring (bicyclic) bond motifs is 1. The smallest absolute Gasteiger partial charge is 0.329 e. The quantitative estimate of drug-likeness (QED) is 0.386. The summed E-state index contributed by atoms with van der Waals surface area (Å²) in [5, 5.41) is 7.36. The lowest BCUT2D eigenvalue weighted by molar-refractivity contribution is -0.136. The van der Waals surface area contributed by atoms with E-state index >= 15 is 0 Å². The van der Waals surface area contributed by atoms with Gasteiger partial charge in [-0.05, 0) is 50.2 Å². The van der Waals surface area contributed by atoms with Crippen LogP contribution in [0.15, 0.2) is 62.5 Å². The molecule has 0 saturated carbocycles. The molecule has 1 heterocycles. The van der Waals surface area contributed by atoms with Crippen LogP contribution in [0.25, 0.3) is 11.0 Å². The van der Waals surface area contributed by atoms with Gasteiger partial charge in [0, 0.05) is 15.5 Å². The maximum Gasteiger partial charge on any atom is 0.329 e. The lowest BCUT2D eigenvalue weighted by Gasteiger charge is -2.04. The number of aryl methyl sites for hydroxylation is 1. The number of anilines is 1. The largest absolute Gasteiger partial charge is 0.455 e. The van der Waals surface area contributed by atoms with Crippen LogP contribution in [0.4, 0.5) is 5.69 Å². The Bertz CT molecular complexity index is 1010. The van der Waals surface area contributed by atoms with Crippen LogP contribution in [-0.2, 0) is 9.59 Å². The molecule has 0 unspecified atom stereocenters. The van der Waals surface area contributed by atoms with Gasteiger partial charge in [0.05, 0.1) is 0 Å². The number of hydrogen-bond acceptors (Lipinski definition) is 4. The predicted molar refractivity (Wildman–Crippen MR) is 104 cm³/mol. The standard InChI is InChI=1S/C19H16BrN3O3/c1-11-3-6-15(7-4-11)21-18(24)19(25)23-22-12(2)17-10-13-9-14(20)5-8-16(13)26-17/h3-10H,1-2H3,(H,21,24)(H,23,25)/b22-12-. The van der Waals surface area contributed by atoms with Gasteiger partial charge in [-0.15, -0.1) is 0 Å². The second kappa shape index (κ2) is 7.53. The molecule has 0 saturated heterocycles. The molecule has 3 rings (SSSR count). The lowest BCUT2D eigenvalue weighted by atomic mass is 10.2. The molecule has 0 bridgehead atoms. The minimum atomic E-state index is -0.858. The summed E-state index contributed by atoms with van der Waals surface area (Å²) in [4.78, 5) is 23.8. The van der Waals surface area contributed by atoms with Crippen molar-refractivity contribution in [2.45, 2.75) is 13.8 Å². The highest BCUT2D eigenvalue weighted by Gasteiger charge is 2.14. The van der Waals surface area contributed by atoms with Crippen molar-refractivity contribution in [3.8, 4) is 0 Å². The number of hydrogen-bond donors (Lipinski definition) is 2. The van der Waals surface area contributed by atoms with Gasteiger partial charge in [0.25, 0.3) is 0 Å². The number of carbonyl (C=O) groups excluding carboxylic acids is 2. The second-order valence-corrected chi connectivity index (χ2v) is 6.67. The molecule has 0 aliphatic carbocycles. The number of carbonyl (C=O) groups is 2. The highest BCUT2D eigenvalue weighted by molar-refractivity contribution is 9.10. The van der Waals surface area contributed by atoms with Crippen LogP contribution in [0.3, 0.4) is 0 Å². The number of nitrogens with zero attached hydrogens (tertiary/aromatic N) is 1. The first-order chi connectivity index (χ1) is 12.4. The van der Waals surface area contributed by atoms with Crippen LogP contribution >= 0.6 is 15.9 Å². The molecule has 1 aromatic heterocycles. The van der Waals surface area contributed by atoms with Crippen molar-refractivity contribution >= 4 is 50.1 Å². The first-order valence-corrected chi connectivity index (χ1v) is 8.63. The molecular weight excluding hydrogens is 398 g/mol. The van der Waals surface area contributed by atoms with E-state index in [1.165, 1.54) is 0 Å². The number of benzene rings is 2. The molecule has 0 spiro atoms. The maximum atomic E-state index is 11.9. The Morgan fingerprint density at radius 2 is 1.77 bits per heavy atom. The molecule has 2 amide bonds. The van der Waals surface area contributed by atoms with Gasteiger partial charge < -0.3 is 9.73 Å². The van der Waals surface area contributed by atoms with Crippen molar-refractivity contribution in [2.75, 3.05) is 5.32 Å². The highest BCUT2D eigenvalue weighted by Crippen LogP contribution is 2.23. The zero-order valence-electron chi connectivity index (χ0n) is 14.2. The Morgan fingerprint density at radius 3 is 2.50 bits per heavy atom. The van der Waals surface area contributed by atoms with E-state index in [-0.39, 0.29) is 0 Å². The summed E-state index contributed by atoms with van der Waals surface area (Å²) in [7, 11) is 0. The average Bonchev–Trinajstić information content (AvgIpc) is 3.04. The number of amides is 2. The molecule has 2 N–H and O–H groups in total. The topological polar surface area (TPSA) is 83.7 Å². The summed E-state index contributed by atoms with van der Waals surface area (Å²) < 4.78 is 6.62. The van der Waals surface area contributed by atoms with E-state index in [4.69, 9.17) is 4.42 Å². The molecule has 6 nitrogen and oxygen atoms in total. The van der Waals surface area contributed by atoms with Crippen molar-refractivity contribution in [1.29, 1.82) is 0 Å². The van der Waals surface area contributed by atoms with E-state index < -0.39 is 11.8 Å². The van der Waals surface area contributed by atoms with Crippen molar-refractivity contribution in [2.24, 2.45) is 5.10 Å². The van der Waals surface area contributed by atoms with Gasteiger partial charge in [-0.25, -0.2) is 5.43 Å². The third kappa shape index (κ3) is 4.18. The number of furan rings is 1. The van der Waals surface area contributed by atoms with Gasteiger partial charge in [0.15, 0.2) is 5.76 Å². The molecule has 3 aromatic rings. The van der Waals surface area contributed by atoms with Crippen LogP contribution in [0, 0.1) is 6.92 Å². The Labute approximate surface area is 158 Å². The van der Waals surface area contributed by atoms with Crippen LogP contribution in [-0.4, -0.2) is 17.5 Å². The molecule has 0 fully saturated rings. The number of nitrogens with one attached hydrogen (secondary N) is 2. The molecule has 7 heteroatoms. The zero-order chi connectivity index (χ0) is 18.7. The zero-order valence-corrected chi connectivity index (χ0v) is 15.8. The van der Waals surface area contributed by atoms with Crippen LogP contribution in [0.2, 0.25) is 0 Å². The highest BCUT2D eigenvalue weighted by atomic mass is 79.9. The van der Waals surface area contributed by atoms with E-state index in [2.05, 4.69) is 31.8 Å². The fourth-order valence-electron chi connectivity index (χ4n) is 2.26. The SMILES string of the molecule is C/C(=N/NC(=O)C(=O)Nc1ccc(C)cc1)c1cc2cc(Br)ccc2o1. The molecule has 0 radical (unpaired) electrons. The van der Waals surface area contributed by atoms with E-state index in [0.717, 1.165) is 15.4 Å². The van der Waals surface area contributed by atoms with Crippen LogP contribution in [0.1, 0.15) is 18.2 Å². The Hall–Kier alpha value is -2.93. The van der Waals surface area contributed by atoms with Crippen LogP contribution in [0.5, 0.6) is 0 Å². The van der Waals surface area contributed by atoms with Gasteiger partial charge in [0.1, 0.15) is 11.3 Å². The second-order valence-electron chi connectivity index (χ2n) is 5.75. The molecule has 0 aliphatic rings. The number of rotatable bonds is 3. The fourth-order valence-corrected chi connectivity index (χ4v) is 2.64. The van der Waals surface area contributed by atoms with Crippen LogP contribution < -0.4 is 10.7 Å². The summed E-state index contributed by atoms with van der Waals surface area (Å²) in [6.07, 6.45) is 0. The summed E-state index contributed by atoms with van der Waals surface area (Å²) >= 11 is 3.40. The van der Waals surface area contributed by atoms with E-state index in [1.54, 1.807) is 19.1 Å². The maximum absolute atomic E-state index is 11.9. The van der Waals surface area contributed by atoms with E-state index in [0.29, 0.717) is 22.7 Å². The Kier molecular flexibility index (Phi) is 5.18. The first kappa shape index (κ1) is 17.9.